The number of anilines is 3. The summed E-state index contributed by atoms with van der Waals surface area (Å²) in [4.78, 5) is 9.24. The van der Waals surface area contributed by atoms with Crippen LogP contribution in [0.3, 0.4) is 0 Å². The Morgan fingerprint density at radius 2 is 1.93 bits per heavy atom. The monoisotopic (exact) mass is 383 g/mol. The van der Waals surface area contributed by atoms with Crippen LogP contribution in [0.25, 0.3) is 11.1 Å². The van der Waals surface area contributed by atoms with Gasteiger partial charge in [0.15, 0.2) is 0 Å². The highest BCUT2D eigenvalue weighted by molar-refractivity contribution is 6.30. The van der Waals surface area contributed by atoms with Crippen molar-refractivity contribution < 1.29 is 0 Å². The Morgan fingerprint density at radius 1 is 1.15 bits per heavy atom. The molecule has 1 aliphatic heterocycles. The van der Waals surface area contributed by atoms with Crippen LogP contribution < -0.4 is 16.0 Å². The van der Waals surface area contributed by atoms with Crippen LogP contribution >= 0.6 is 11.6 Å². The van der Waals surface area contributed by atoms with E-state index in [1.807, 2.05) is 49.9 Å². The van der Waals surface area contributed by atoms with E-state index in [0.29, 0.717) is 17.0 Å². The van der Waals surface area contributed by atoms with Gasteiger partial charge in [-0.15, -0.1) is 0 Å². The fourth-order valence-electron chi connectivity index (χ4n) is 3.15. The minimum atomic E-state index is 0.389. The second kappa shape index (κ2) is 7.94. The minimum Gasteiger partial charge on any atom is -0.367 e. The molecule has 7 nitrogen and oxygen atoms in total. The summed E-state index contributed by atoms with van der Waals surface area (Å²) in [5.74, 6) is 1.36. The van der Waals surface area contributed by atoms with E-state index < -0.39 is 0 Å². The van der Waals surface area contributed by atoms with E-state index >= 15 is 0 Å². The normalized spacial score (nSPS) is 14.9. The van der Waals surface area contributed by atoms with Gasteiger partial charge in [0.2, 0.25) is 5.95 Å². The number of nitrogens with zero attached hydrogens (tertiary/aromatic N) is 4. The zero-order valence-corrected chi connectivity index (χ0v) is 15.9. The summed E-state index contributed by atoms with van der Waals surface area (Å²) < 4.78 is 1.78. The number of benzene rings is 1. The molecule has 140 valence electrons. The lowest BCUT2D eigenvalue weighted by atomic mass is 10.1. The van der Waals surface area contributed by atoms with Gasteiger partial charge in [-0.2, -0.15) is 10.1 Å². The molecule has 0 aliphatic carbocycles. The van der Waals surface area contributed by atoms with Crippen molar-refractivity contribution in [2.24, 2.45) is 7.05 Å². The Bertz CT molecular complexity index is 901. The first kappa shape index (κ1) is 17.8. The SMILES string of the molecule is Cn1cc(-c2cnc(Nc3ccc(Cl)cc3)nc2NC2CCNCC2)cn1. The van der Waals surface area contributed by atoms with E-state index in [2.05, 4.69) is 26.0 Å². The predicted molar refractivity (Wildman–Crippen MR) is 108 cm³/mol. The minimum absolute atomic E-state index is 0.389. The molecule has 8 heteroatoms. The molecule has 3 heterocycles. The van der Waals surface area contributed by atoms with Crippen LogP contribution in [0, 0.1) is 0 Å². The fourth-order valence-corrected chi connectivity index (χ4v) is 3.27. The van der Waals surface area contributed by atoms with Crippen molar-refractivity contribution in [1.82, 2.24) is 25.1 Å². The molecule has 4 rings (SSSR count). The number of hydrogen-bond donors (Lipinski definition) is 3. The second-order valence-corrected chi connectivity index (χ2v) is 7.10. The zero-order valence-electron chi connectivity index (χ0n) is 15.1. The first-order valence-electron chi connectivity index (χ1n) is 9.03. The lowest BCUT2D eigenvalue weighted by Gasteiger charge is -2.25. The zero-order chi connectivity index (χ0) is 18.6. The van der Waals surface area contributed by atoms with E-state index in [-0.39, 0.29) is 0 Å². The molecule has 0 spiro atoms. The third kappa shape index (κ3) is 4.37. The number of hydrogen-bond acceptors (Lipinski definition) is 6. The lowest BCUT2D eigenvalue weighted by Crippen LogP contribution is -2.35. The highest BCUT2D eigenvalue weighted by Crippen LogP contribution is 2.28. The van der Waals surface area contributed by atoms with Gasteiger partial charge in [0, 0.05) is 47.3 Å². The molecule has 0 amide bonds. The number of nitrogens with one attached hydrogen (secondary N) is 3. The summed E-state index contributed by atoms with van der Waals surface area (Å²) in [6.45, 7) is 2.03. The quantitative estimate of drug-likeness (QED) is 0.626. The smallest absolute Gasteiger partial charge is 0.229 e. The molecule has 1 aromatic carbocycles. The Morgan fingerprint density at radius 3 is 2.63 bits per heavy atom. The van der Waals surface area contributed by atoms with Crippen LogP contribution in [-0.2, 0) is 7.05 Å². The number of rotatable bonds is 5. The maximum absolute atomic E-state index is 5.96. The highest BCUT2D eigenvalue weighted by atomic mass is 35.5. The Kier molecular flexibility index (Phi) is 5.22. The standard InChI is InChI=1S/C19H22ClN7/c1-27-12-13(10-23-27)17-11-22-19(25-15-4-2-14(20)3-5-15)26-18(17)24-16-6-8-21-9-7-16/h2-5,10-12,16,21H,6-9H2,1H3,(H2,22,24,25,26). The largest absolute Gasteiger partial charge is 0.367 e. The molecule has 3 N–H and O–H groups in total. The van der Waals surface area contributed by atoms with Crippen molar-refractivity contribution in [2.75, 3.05) is 23.7 Å². The van der Waals surface area contributed by atoms with E-state index in [1.54, 1.807) is 4.68 Å². The van der Waals surface area contributed by atoms with Gasteiger partial charge < -0.3 is 16.0 Å². The van der Waals surface area contributed by atoms with Crippen LogP contribution in [0.2, 0.25) is 5.02 Å². The van der Waals surface area contributed by atoms with Crippen molar-refractivity contribution >= 4 is 29.1 Å². The highest BCUT2D eigenvalue weighted by Gasteiger charge is 2.17. The van der Waals surface area contributed by atoms with Gasteiger partial charge in [0.1, 0.15) is 5.82 Å². The van der Waals surface area contributed by atoms with Crippen LogP contribution in [0.4, 0.5) is 17.5 Å². The number of piperidine rings is 1. The molecule has 1 fully saturated rings. The Labute approximate surface area is 163 Å². The molecule has 0 radical (unpaired) electrons. The third-order valence-corrected chi connectivity index (χ3v) is 4.84. The summed E-state index contributed by atoms with van der Waals surface area (Å²) >= 11 is 5.96. The van der Waals surface area contributed by atoms with E-state index in [4.69, 9.17) is 16.6 Å². The van der Waals surface area contributed by atoms with Gasteiger partial charge >= 0.3 is 0 Å². The van der Waals surface area contributed by atoms with Crippen molar-refractivity contribution in [3.63, 3.8) is 0 Å². The molecule has 1 saturated heterocycles. The van der Waals surface area contributed by atoms with Gasteiger partial charge in [-0.1, -0.05) is 11.6 Å². The molecule has 0 unspecified atom stereocenters. The summed E-state index contributed by atoms with van der Waals surface area (Å²) in [5.41, 5.74) is 2.83. The topological polar surface area (TPSA) is 79.7 Å². The third-order valence-electron chi connectivity index (χ3n) is 4.58. The van der Waals surface area contributed by atoms with Crippen molar-refractivity contribution in [3.05, 3.63) is 47.9 Å². The molecule has 0 saturated carbocycles. The van der Waals surface area contributed by atoms with Gasteiger partial charge in [-0.3, -0.25) is 4.68 Å². The molecule has 2 aromatic heterocycles. The summed E-state index contributed by atoms with van der Waals surface area (Å²) in [6.07, 6.45) is 7.77. The fraction of sp³-hybridized carbons (Fsp3) is 0.316. The van der Waals surface area contributed by atoms with Crippen molar-refractivity contribution in [2.45, 2.75) is 18.9 Å². The van der Waals surface area contributed by atoms with Crippen molar-refractivity contribution in [1.29, 1.82) is 0 Å². The van der Waals surface area contributed by atoms with E-state index in [0.717, 1.165) is 48.6 Å². The first-order chi connectivity index (χ1) is 13.2. The Hall–Kier alpha value is -2.64. The first-order valence-corrected chi connectivity index (χ1v) is 9.41. The van der Waals surface area contributed by atoms with Gasteiger partial charge in [0.25, 0.3) is 0 Å². The molecular weight excluding hydrogens is 362 g/mol. The summed E-state index contributed by atoms with van der Waals surface area (Å²) in [6, 6.07) is 7.87. The molecule has 1 aliphatic rings. The molecule has 3 aromatic rings. The predicted octanol–water partition coefficient (Wildman–Crippen LogP) is 3.44. The molecule has 0 atom stereocenters. The van der Waals surface area contributed by atoms with Crippen LogP contribution in [0.5, 0.6) is 0 Å². The average molecular weight is 384 g/mol. The van der Waals surface area contributed by atoms with Crippen LogP contribution in [-0.4, -0.2) is 38.9 Å². The maximum atomic E-state index is 5.96. The number of aromatic nitrogens is 4. The summed E-state index contributed by atoms with van der Waals surface area (Å²) in [5, 5.41) is 15.2. The van der Waals surface area contributed by atoms with Crippen LogP contribution in [0.1, 0.15) is 12.8 Å². The van der Waals surface area contributed by atoms with Crippen molar-refractivity contribution in [3.8, 4) is 11.1 Å². The average Bonchev–Trinajstić information content (AvgIpc) is 3.11. The van der Waals surface area contributed by atoms with Gasteiger partial charge in [-0.05, 0) is 50.2 Å². The van der Waals surface area contributed by atoms with E-state index in [1.165, 1.54) is 0 Å². The van der Waals surface area contributed by atoms with Gasteiger partial charge in [-0.25, -0.2) is 4.98 Å². The summed E-state index contributed by atoms with van der Waals surface area (Å²) in [7, 11) is 1.90. The molecular formula is C19H22ClN7. The Balaban J connectivity index is 1.63. The molecule has 27 heavy (non-hydrogen) atoms. The van der Waals surface area contributed by atoms with Crippen LogP contribution in [0.15, 0.2) is 42.9 Å². The molecule has 0 bridgehead atoms. The second-order valence-electron chi connectivity index (χ2n) is 6.66. The van der Waals surface area contributed by atoms with E-state index in [9.17, 15) is 0 Å². The lowest BCUT2D eigenvalue weighted by molar-refractivity contribution is 0.478. The maximum Gasteiger partial charge on any atom is 0.229 e. The number of halogens is 1. The number of aryl methyl sites for hydroxylation is 1. The van der Waals surface area contributed by atoms with Gasteiger partial charge in [0.05, 0.1) is 6.20 Å².